The molecule has 0 fully saturated rings. The second kappa shape index (κ2) is 9.40. The first-order valence-electron chi connectivity index (χ1n) is 10.7. The highest BCUT2D eigenvalue weighted by atomic mass is 32.1. The van der Waals surface area contributed by atoms with E-state index in [9.17, 15) is 20.6 Å². The van der Waals surface area contributed by atoms with Crippen LogP contribution in [0.4, 0.5) is 17.2 Å². The summed E-state index contributed by atoms with van der Waals surface area (Å²) in [6.45, 7) is 0. The lowest BCUT2D eigenvalue weighted by atomic mass is 9.80. The van der Waals surface area contributed by atoms with Crippen molar-refractivity contribution in [2.45, 2.75) is 5.92 Å². The number of thiocarbonyl (C=S) groups is 1. The molecule has 0 radical (unpaired) electrons. The zero-order valence-corrected chi connectivity index (χ0v) is 21.1. The Labute approximate surface area is 225 Å². The number of fused-ring (bicyclic) bond motifs is 1. The summed E-state index contributed by atoms with van der Waals surface area (Å²) in [5.74, 6) is 0.322. The van der Waals surface area contributed by atoms with E-state index in [2.05, 4.69) is 20.6 Å². The number of benzene rings is 2. The number of rotatable bonds is 3. The highest BCUT2D eigenvalue weighted by Crippen LogP contribution is 2.47. The van der Waals surface area contributed by atoms with E-state index < -0.39 is 10.8 Å². The highest BCUT2D eigenvalue weighted by Gasteiger charge is 2.41. The highest BCUT2D eigenvalue weighted by molar-refractivity contribution is 7.80. The Balaban J connectivity index is 1.89. The molecule has 10 nitrogen and oxygen atoms in total. The molecule has 5 rings (SSSR count). The molecule has 1 atom stereocenters. The minimum Gasteiger partial charge on any atom is -0.330 e. The van der Waals surface area contributed by atoms with Crippen molar-refractivity contribution in [2.24, 2.45) is 0 Å². The maximum Gasteiger partial charge on any atom is 0.269 e. The van der Waals surface area contributed by atoms with E-state index >= 15 is 0 Å². The van der Waals surface area contributed by atoms with E-state index in [-0.39, 0.29) is 26.8 Å². The van der Waals surface area contributed by atoms with Gasteiger partial charge in [-0.1, -0.05) is 42.5 Å². The fourth-order valence-electron chi connectivity index (χ4n) is 4.39. The van der Waals surface area contributed by atoms with Crippen LogP contribution in [-0.4, -0.2) is 20.0 Å². The molecular formula is C24H14N8O2S3. The average Bonchev–Trinajstić information content (AvgIpc) is 2.88. The van der Waals surface area contributed by atoms with Gasteiger partial charge in [-0.05, 0) is 42.1 Å². The molecule has 1 aromatic heterocycles. The molecule has 4 N–H and O–H groups in total. The first-order chi connectivity index (χ1) is 17.8. The summed E-state index contributed by atoms with van der Waals surface area (Å²) in [6, 6.07) is 19.2. The van der Waals surface area contributed by atoms with E-state index in [1.165, 1.54) is 12.1 Å². The van der Waals surface area contributed by atoms with Crippen molar-refractivity contribution in [2.75, 3.05) is 10.2 Å². The third-order valence-corrected chi connectivity index (χ3v) is 6.72. The first-order valence-corrected chi connectivity index (χ1v) is 11.9. The number of H-pyrrole nitrogens is 2. The van der Waals surface area contributed by atoms with Crippen LogP contribution in [-0.2, 0) is 0 Å². The van der Waals surface area contributed by atoms with E-state index in [4.69, 9.17) is 36.7 Å². The van der Waals surface area contributed by atoms with Crippen LogP contribution in [0.25, 0.3) is 0 Å². The minimum atomic E-state index is -0.656. The number of hydrogen-bond donors (Lipinski definition) is 4. The number of nitriles is 2. The van der Waals surface area contributed by atoms with Crippen molar-refractivity contribution in [1.29, 1.82) is 10.5 Å². The number of nitro benzene ring substituents is 1. The molecule has 37 heavy (non-hydrogen) atoms. The maximum absolute atomic E-state index is 11.3. The van der Waals surface area contributed by atoms with Gasteiger partial charge in [-0.3, -0.25) is 15.0 Å². The predicted octanol–water partition coefficient (Wildman–Crippen LogP) is 5.17. The zero-order chi connectivity index (χ0) is 26.3. The number of nitro groups is 1. The molecule has 0 aliphatic carbocycles. The number of allylic oxidation sites excluding steroid dienone is 2. The number of aromatic nitrogens is 2. The summed E-state index contributed by atoms with van der Waals surface area (Å²) in [6.07, 6.45) is 0. The van der Waals surface area contributed by atoms with Crippen LogP contribution in [0.1, 0.15) is 17.0 Å². The van der Waals surface area contributed by atoms with Gasteiger partial charge in [0.25, 0.3) is 5.69 Å². The molecule has 2 aliphatic heterocycles. The molecular weight excluding hydrogens is 529 g/mol. The van der Waals surface area contributed by atoms with Crippen LogP contribution in [0.2, 0.25) is 0 Å². The van der Waals surface area contributed by atoms with E-state index in [1.54, 1.807) is 17.0 Å². The summed E-state index contributed by atoms with van der Waals surface area (Å²) in [4.78, 5) is 18.6. The van der Waals surface area contributed by atoms with Gasteiger partial charge in [0.15, 0.2) is 15.5 Å². The van der Waals surface area contributed by atoms with Gasteiger partial charge in [-0.15, -0.1) is 0 Å². The Morgan fingerprint density at radius 3 is 2.27 bits per heavy atom. The van der Waals surface area contributed by atoms with Gasteiger partial charge >= 0.3 is 0 Å². The molecule has 0 bridgehead atoms. The normalized spacial score (nSPS) is 15.9. The van der Waals surface area contributed by atoms with Gasteiger partial charge in [-0.2, -0.15) is 10.5 Å². The topological polar surface area (TPSA) is 150 Å². The second-order valence-electron chi connectivity index (χ2n) is 7.94. The van der Waals surface area contributed by atoms with Crippen LogP contribution in [0.5, 0.6) is 0 Å². The number of non-ortho nitro benzene ring substituents is 1. The third-order valence-electron chi connectivity index (χ3n) is 5.91. The largest absolute Gasteiger partial charge is 0.330 e. The molecule has 13 heteroatoms. The number of hydrogen-bond acceptors (Lipinski definition) is 8. The van der Waals surface area contributed by atoms with Crippen LogP contribution in [0.3, 0.4) is 0 Å². The van der Waals surface area contributed by atoms with Gasteiger partial charge < -0.3 is 20.6 Å². The molecule has 0 amide bonds. The smallest absolute Gasteiger partial charge is 0.269 e. The van der Waals surface area contributed by atoms with Gasteiger partial charge in [-0.25, -0.2) is 0 Å². The van der Waals surface area contributed by atoms with Crippen molar-refractivity contribution >= 4 is 59.0 Å². The van der Waals surface area contributed by atoms with Crippen molar-refractivity contribution in [1.82, 2.24) is 15.3 Å². The fraction of sp³-hybridized carbons (Fsp3) is 0.0417. The van der Waals surface area contributed by atoms with Crippen LogP contribution in [0.15, 0.2) is 77.3 Å². The number of aromatic amines is 2. The molecule has 2 aliphatic rings. The molecule has 2 aromatic carbocycles. The van der Waals surface area contributed by atoms with Crippen molar-refractivity contribution in [3.05, 3.63) is 108 Å². The van der Waals surface area contributed by atoms with E-state index in [0.29, 0.717) is 33.0 Å². The van der Waals surface area contributed by atoms with Crippen molar-refractivity contribution in [3.63, 3.8) is 0 Å². The van der Waals surface area contributed by atoms with E-state index in [1.807, 2.05) is 42.5 Å². The van der Waals surface area contributed by atoms with Gasteiger partial charge in [0.05, 0.1) is 10.6 Å². The Kier molecular flexibility index (Phi) is 6.11. The summed E-state index contributed by atoms with van der Waals surface area (Å²) in [7, 11) is 0. The lowest BCUT2D eigenvalue weighted by Crippen LogP contribution is -2.49. The summed E-state index contributed by atoms with van der Waals surface area (Å²) in [5, 5.41) is 37.5. The SMILES string of the molecule is N#CC(C#N)=C1NC(=S)N(c2ccccc2)C2=C1C(c1ccc([N+](=O)[O-])cc1)c1c([nH]c(=S)[nH]c1=S)N2. The lowest BCUT2D eigenvalue weighted by Gasteiger charge is -2.42. The van der Waals surface area contributed by atoms with Gasteiger partial charge in [0, 0.05) is 34.9 Å². The fourth-order valence-corrected chi connectivity index (χ4v) is 5.28. The Hall–Kier alpha value is -4.69. The quantitative estimate of drug-likeness (QED) is 0.151. The summed E-state index contributed by atoms with van der Waals surface area (Å²) >= 11 is 16.7. The molecule has 3 heterocycles. The maximum atomic E-state index is 11.3. The zero-order valence-electron chi connectivity index (χ0n) is 18.6. The molecule has 0 saturated heterocycles. The van der Waals surface area contributed by atoms with Crippen LogP contribution < -0.4 is 15.5 Å². The number of nitrogens with one attached hydrogen (secondary N) is 4. The molecule has 3 aromatic rings. The van der Waals surface area contributed by atoms with Gasteiger partial charge in [0.1, 0.15) is 28.4 Å². The van der Waals surface area contributed by atoms with Gasteiger partial charge in [0.2, 0.25) is 0 Å². The predicted molar refractivity (Wildman–Crippen MR) is 145 cm³/mol. The number of para-hydroxylation sites is 1. The minimum absolute atomic E-state index is 0.0795. The summed E-state index contributed by atoms with van der Waals surface area (Å²) < 4.78 is 0.617. The molecule has 0 spiro atoms. The standard InChI is InChI=1S/C24H14N8O2S3/c25-10-13(11-26)19-17-16(12-6-8-15(9-7-12)32(33)34)18-20(29-23(36)30-22(18)35)28-21(17)31(24(37)27-19)14-4-2-1-3-5-14/h1-9,16H,(H,27,37)(H3,28,29,30,35,36). The van der Waals surface area contributed by atoms with Crippen molar-refractivity contribution < 1.29 is 4.92 Å². The molecule has 1 unspecified atom stereocenters. The Morgan fingerprint density at radius 1 is 0.973 bits per heavy atom. The number of nitrogens with zero attached hydrogens (tertiary/aromatic N) is 4. The monoisotopic (exact) mass is 542 g/mol. The molecule has 0 saturated carbocycles. The van der Waals surface area contributed by atoms with Crippen molar-refractivity contribution in [3.8, 4) is 12.1 Å². The van der Waals surface area contributed by atoms with Crippen LogP contribution >= 0.6 is 36.7 Å². The molecule has 180 valence electrons. The summed E-state index contributed by atoms with van der Waals surface area (Å²) in [5.41, 5.74) is 2.42. The van der Waals surface area contributed by atoms with E-state index in [0.717, 1.165) is 5.69 Å². The Morgan fingerprint density at radius 2 is 1.65 bits per heavy atom. The Bertz CT molecular complexity index is 1730. The second-order valence-corrected chi connectivity index (χ2v) is 9.14. The average molecular weight is 543 g/mol. The third kappa shape index (κ3) is 4.07. The lowest BCUT2D eigenvalue weighted by molar-refractivity contribution is -0.384. The first kappa shape index (κ1) is 24.0. The van der Waals surface area contributed by atoms with Crippen LogP contribution in [0, 0.1) is 42.2 Å². The number of anilines is 2.